The maximum atomic E-state index is 14.3. The number of piperidine rings is 1. The second-order valence-electron chi connectivity index (χ2n) is 19.0. The number of alkyl halides is 2. The number of halogens is 2. The predicted octanol–water partition coefficient (Wildman–Crippen LogP) is 6.16. The minimum absolute atomic E-state index is 0.0215. The quantitative estimate of drug-likeness (QED) is 0.110. The first-order chi connectivity index (χ1) is 32.8. The number of aliphatic hydroxyl groups is 1. The summed E-state index contributed by atoms with van der Waals surface area (Å²) in [5, 5.41) is 29.0. The third kappa shape index (κ3) is 11.2. The molecule has 17 nitrogen and oxygen atoms in total. The van der Waals surface area contributed by atoms with Crippen LogP contribution >= 0.6 is 11.3 Å². The second-order valence-corrected chi connectivity index (χ2v) is 19.8. The monoisotopic (exact) mass is 960 g/mol. The van der Waals surface area contributed by atoms with E-state index in [4.69, 9.17) is 0 Å². The number of pyridine rings is 2. The van der Waals surface area contributed by atoms with Crippen LogP contribution in [0.15, 0.2) is 72.6 Å². The zero-order valence-corrected chi connectivity index (χ0v) is 39.8. The highest BCUT2D eigenvalue weighted by molar-refractivity contribution is 7.13. The van der Waals surface area contributed by atoms with Crippen molar-refractivity contribution < 1.29 is 33.1 Å². The van der Waals surface area contributed by atoms with Crippen molar-refractivity contribution in [3.8, 4) is 16.5 Å². The first kappa shape index (κ1) is 48.5. The van der Waals surface area contributed by atoms with Gasteiger partial charge in [0.25, 0.3) is 17.7 Å². The van der Waals surface area contributed by atoms with Gasteiger partial charge in [-0.1, -0.05) is 45.0 Å². The molecular formula is C49H54F2N12O5S. The molecule has 69 heavy (non-hydrogen) atoms. The summed E-state index contributed by atoms with van der Waals surface area (Å²) in [7, 11) is 0. The van der Waals surface area contributed by atoms with Gasteiger partial charge in [0, 0.05) is 45.2 Å². The summed E-state index contributed by atoms with van der Waals surface area (Å²) < 4.78 is 28.6. The summed E-state index contributed by atoms with van der Waals surface area (Å²) >= 11 is 1.55. The highest BCUT2D eigenvalue weighted by atomic mass is 32.1. The molecule has 0 saturated carbocycles. The van der Waals surface area contributed by atoms with Crippen LogP contribution in [0.3, 0.4) is 0 Å². The number of hydrogen-bond donors (Lipinski definition) is 4. The van der Waals surface area contributed by atoms with E-state index in [0.29, 0.717) is 48.9 Å². The lowest BCUT2D eigenvalue weighted by molar-refractivity contribution is -0.142. The van der Waals surface area contributed by atoms with E-state index in [0.717, 1.165) is 27.3 Å². The molecule has 360 valence electrons. The number of β-amino-alcohol motifs (C(OH)–C–C–N with tert-alkyl or cyclic N) is 1. The Labute approximate surface area is 402 Å². The zero-order chi connectivity index (χ0) is 49.2. The fraction of sp³-hybridized carbons (Fsp3) is 0.429. The molecule has 3 aliphatic heterocycles. The normalized spacial score (nSPS) is 19.1. The van der Waals surface area contributed by atoms with Gasteiger partial charge in [0.05, 0.1) is 58.8 Å². The highest BCUT2D eigenvalue weighted by Crippen LogP contribution is 2.36. The van der Waals surface area contributed by atoms with Crippen LogP contribution in [-0.2, 0) is 9.59 Å². The number of nitriles is 1. The number of carbonyl (C=O) groups is 4. The number of anilines is 3. The maximum absolute atomic E-state index is 14.3. The van der Waals surface area contributed by atoms with Gasteiger partial charge < -0.3 is 35.8 Å². The van der Waals surface area contributed by atoms with Gasteiger partial charge in [-0.3, -0.25) is 19.2 Å². The molecule has 3 saturated heterocycles. The van der Waals surface area contributed by atoms with Gasteiger partial charge >= 0.3 is 0 Å². The minimum atomic E-state index is -2.83. The molecule has 0 bridgehead atoms. The Hall–Kier alpha value is -6.98. The smallest absolute Gasteiger partial charge is 0.274 e. The third-order valence-electron chi connectivity index (χ3n) is 12.9. The van der Waals surface area contributed by atoms with Crippen molar-refractivity contribution in [3.63, 3.8) is 0 Å². The Kier molecular flexibility index (Phi) is 14.0. The molecule has 3 aliphatic rings. The Morgan fingerprint density at radius 1 is 0.942 bits per heavy atom. The Morgan fingerprint density at radius 3 is 2.30 bits per heavy atom. The summed E-state index contributed by atoms with van der Waals surface area (Å²) in [6.07, 6.45) is 3.81. The minimum Gasteiger partial charge on any atom is -0.391 e. The number of aromatic nitrogens is 5. The summed E-state index contributed by atoms with van der Waals surface area (Å²) in [5.41, 5.74) is 4.93. The molecule has 0 spiro atoms. The van der Waals surface area contributed by atoms with Crippen LogP contribution in [0.2, 0.25) is 0 Å². The van der Waals surface area contributed by atoms with Crippen molar-refractivity contribution in [3.05, 3.63) is 106 Å². The first-order valence-electron chi connectivity index (χ1n) is 22.8. The van der Waals surface area contributed by atoms with E-state index in [2.05, 4.69) is 46.9 Å². The number of thiazole rings is 1. The van der Waals surface area contributed by atoms with E-state index in [9.17, 15) is 38.3 Å². The average molecular weight is 961 g/mol. The molecule has 0 radical (unpaired) electrons. The molecule has 5 aromatic rings. The van der Waals surface area contributed by atoms with Crippen LogP contribution < -0.4 is 20.9 Å². The molecule has 1 aromatic carbocycles. The number of nitrogens with one attached hydrogen (secondary N) is 3. The molecule has 20 heteroatoms. The van der Waals surface area contributed by atoms with E-state index < -0.39 is 59.8 Å². The van der Waals surface area contributed by atoms with Crippen LogP contribution in [0.5, 0.6) is 0 Å². The third-order valence-corrected chi connectivity index (χ3v) is 13.8. The molecule has 4 aromatic heterocycles. The number of carbonyl (C=O) groups excluding carboxylic acids is 4. The van der Waals surface area contributed by atoms with Crippen molar-refractivity contribution >= 4 is 52.4 Å². The molecule has 0 unspecified atom stereocenters. The van der Waals surface area contributed by atoms with Crippen molar-refractivity contribution in [2.24, 2.45) is 5.41 Å². The SMILES string of the molecule is Cc1ncsc1-c1ccc([C@H](C)NC(=O)[C@@H]2C[C@@H](O)CN2C(=O)[C@@H](NC(=O)c2cnc(C(=O)N3CCC(c4cc(Nc5cc(C#N)ccn5)nc(N5CCC(F)(F)C5)c4)CC3)cn2)C(C)(C)C)cc1. The number of rotatable bonds is 12. The van der Waals surface area contributed by atoms with Crippen molar-refractivity contribution in [1.82, 2.24) is 45.4 Å². The lowest BCUT2D eigenvalue weighted by Gasteiger charge is -2.35. The number of nitrogens with zero attached hydrogens (tertiary/aromatic N) is 9. The molecule has 8 rings (SSSR count). The summed E-state index contributed by atoms with van der Waals surface area (Å²) in [6, 6.07) is 14.2. The summed E-state index contributed by atoms with van der Waals surface area (Å²) in [5.74, 6) is -3.76. The van der Waals surface area contributed by atoms with Gasteiger partial charge in [-0.25, -0.2) is 33.7 Å². The first-order valence-corrected chi connectivity index (χ1v) is 23.7. The highest BCUT2D eigenvalue weighted by Gasteiger charge is 2.45. The molecular weight excluding hydrogens is 907 g/mol. The van der Waals surface area contributed by atoms with Gasteiger partial charge in [0.2, 0.25) is 11.8 Å². The van der Waals surface area contributed by atoms with Crippen molar-refractivity contribution in [1.29, 1.82) is 5.26 Å². The number of amides is 4. The fourth-order valence-electron chi connectivity index (χ4n) is 8.98. The Balaban J connectivity index is 0.888. The molecule has 0 aliphatic carbocycles. The van der Waals surface area contributed by atoms with E-state index in [1.165, 1.54) is 23.5 Å². The van der Waals surface area contributed by atoms with Crippen LogP contribution in [0.4, 0.5) is 26.2 Å². The largest absolute Gasteiger partial charge is 0.391 e. The predicted molar refractivity (Wildman–Crippen MR) is 254 cm³/mol. The van der Waals surface area contributed by atoms with E-state index in [1.54, 1.807) is 59.6 Å². The Bertz CT molecular complexity index is 2750. The molecule has 4 atom stereocenters. The second kappa shape index (κ2) is 19.9. The molecule has 4 amide bonds. The van der Waals surface area contributed by atoms with Crippen LogP contribution in [-0.4, -0.2) is 120 Å². The summed E-state index contributed by atoms with van der Waals surface area (Å²) in [4.78, 5) is 82.8. The molecule has 7 heterocycles. The van der Waals surface area contributed by atoms with Gasteiger partial charge in [0.15, 0.2) is 0 Å². The van der Waals surface area contributed by atoms with E-state index >= 15 is 0 Å². The molecule has 3 fully saturated rings. The summed E-state index contributed by atoms with van der Waals surface area (Å²) in [6.45, 7) is 9.45. The number of benzene rings is 1. The van der Waals surface area contributed by atoms with Gasteiger partial charge in [-0.2, -0.15) is 5.26 Å². The van der Waals surface area contributed by atoms with Crippen molar-refractivity contribution in [2.75, 3.05) is 42.9 Å². The van der Waals surface area contributed by atoms with Crippen LogP contribution in [0, 0.1) is 23.7 Å². The average Bonchev–Trinajstić information content (AvgIpc) is 4.06. The van der Waals surface area contributed by atoms with Gasteiger partial charge in [-0.05, 0) is 79.0 Å². The maximum Gasteiger partial charge on any atom is 0.274 e. The van der Waals surface area contributed by atoms with Crippen LogP contribution in [0.25, 0.3) is 10.4 Å². The number of aliphatic hydroxyl groups excluding tert-OH is 1. The number of likely N-dealkylation sites (tertiary alicyclic amines) is 2. The van der Waals surface area contributed by atoms with Crippen molar-refractivity contribution in [2.45, 2.75) is 96.4 Å². The van der Waals surface area contributed by atoms with Gasteiger partial charge in [-0.15, -0.1) is 11.3 Å². The standard InChI is InChI=1S/C49H54F2N12O5S/c1-28(31-6-8-33(9-7-31)42-29(2)56-27-69-42)57-45(66)38-21-35(64)25-63(38)47(68)43(48(3,4)5)60-44(65)36-23-55-37(24-54-36)46(67)61-15-11-32(12-16-61)34-19-40(58-39-18-30(22-52)10-14-53-39)59-41(20-34)62-17-13-49(50,51)26-62/h6-10,14,18-20,23-24,27-28,32,35,38,43,64H,11-13,15-17,21,25-26H2,1-5H3,(H,57,66)(H,60,65)(H,53,58,59)/t28-,35+,38-,43+/m0/s1. The van der Waals surface area contributed by atoms with E-state index in [1.807, 2.05) is 50.2 Å². The lowest BCUT2D eigenvalue weighted by Crippen LogP contribution is -2.58. The topological polar surface area (TPSA) is 223 Å². The fourth-order valence-corrected chi connectivity index (χ4v) is 9.80. The zero-order valence-electron chi connectivity index (χ0n) is 38.9. The van der Waals surface area contributed by atoms with Crippen LogP contribution in [0.1, 0.15) is 109 Å². The number of aryl methyl sites for hydroxylation is 1. The molecule has 4 N–H and O–H groups in total. The Morgan fingerprint density at radius 2 is 1.67 bits per heavy atom. The van der Waals surface area contributed by atoms with E-state index in [-0.39, 0.29) is 49.1 Å². The van der Waals surface area contributed by atoms with Gasteiger partial charge in [0.1, 0.15) is 40.9 Å². The number of hydrogen-bond acceptors (Lipinski definition) is 14. The lowest BCUT2D eigenvalue weighted by atomic mass is 9.85.